The van der Waals surface area contributed by atoms with Crippen LogP contribution in [-0.2, 0) is 0 Å². The van der Waals surface area contributed by atoms with Crippen LogP contribution in [0.25, 0.3) is 0 Å². The van der Waals surface area contributed by atoms with Gasteiger partial charge in [-0.25, -0.2) is 0 Å². The zero-order valence-electron chi connectivity index (χ0n) is 11.1. The molecule has 18 heavy (non-hydrogen) atoms. The molecule has 0 atom stereocenters. The van der Waals surface area contributed by atoms with Crippen LogP contribution in [0.3, 0.4) is 0 Å². The average molecular weight is 271 g/mol. The Morgan fingerprint density at radius 1 is 1.28 bits per heavy atom. The number of rotatable bonds is 3. The quantitative estimate of drug-likeness (QED) is 0.845. The number of nitrogens with zero attached hydrogens (tertiary/aromatic N) is 4. The molecule has 0 spiro atoms. The zero-order valence-corrected chi connectivity index (χ0v) is 11.9. The molecule has 0 unspecified atom stereocenters. The first-order valence-electron chi connectivity index (χ1n) is 6.27. The summed E-state index contributed by atoms with van der Waals surface area (Å²) in [5, 5.41) is 0.181. The summed E-state index contributed by atoms with van der Waals surface area (Å²) in [7, 11) is 1.53. The molecule has 100 valence electrons. The number of methoxy groups -OCH3 is 1. The Morgan fingerprint density at radius 3 is 2.50 bits per heavy atom. The van der Waals surface area contributed by atoms with Crippen LogP contribution in [0.2, 0.25) is 5.28 Å². The summed E-state index contributed by atoms with van der Waals surface area (Å²) in [4.78, 5) is 14.4. The van der Waals surface area contributed by atoms with Crippen LogP contribution in [0.1, 0.15) is 33.1 Å². The van der Waals surface area contributed by atoms with E-state index < -0.39 is 0 Å². The van der Waals surface area contributed by atoms with Crippen molar-refractivity contribution >= 4 is 17.5 Å². The lowest BCUT2D eigenvalue weighted by atomic mass is 9.78. The summed E-state index contributed by atoms with van der Waals surface area (Å²) in [5.41, 5.74) is 0.442. The van der Waals surface area contributed by atoms with Crippen molar-refractivity contribution < 1.29 is 4.74 Å². The smallest absolute Gasteiger partial charge is 0.322 e. The third-order valence-electron chi connectivity index (χ3n) is 3.87. The van der Waals surface area contributed by atoms with Gasteiger partial charge in [-0.15, -0.1) is 0 Å². The fourth-order valence-corrected chi connectivity index (χ4v) is 2.30. The molecule has 0 radical (unpaired) electrons. The lowest BCUT2D eigenvalue weighted by Gasteiger charge is -2.38. The van der Waals surface area contributed by atoms with E-state index >= 15 is 0 Å². The lowest BCUT2D eigenvalue weighted by Crippen LogP contribution is -2.39. The van der Waals surface area contributed by atoms with Gasteiger partial charge in [0.25, 0.3) is 0 Å². The highest BCUT2D eigenvalue weighted by Gasteiger charge is 2.29. The maximum Gasteiger partial charge on any atom is 0.322 e. The first-order valence-corrected chi connectivity index (χ1v) is 6.64. The third-order valence-corrected chi connectivity index (χ3v) is 4.03. The van der Waals surface area contributed by atoms with Crippen molar-refractivity contribution in [2.45, 2.75) is 33.1 Å². The number of hydrogen-bond donors (Lipinski definition) is 0. The minimum Gasteiger partial charge on any atom is -0.467 e. The van der Waals surface area contributed by atoms with E-state index in [1.54, 1.807) is 0 Å². The third kappa shape index (κ3) is 2.83. The second-order valence-corrected chi connectivity index (χ2v) is 5.38. The molecule has 5 nitrogen and oxygen atoms in total. The fourth-order valence-electron chi connectivity index (χ4n) is 2.15. The van der Waals surface area contributed by atoms with Crippen molar-refractivity contribution in [2.75, 3.05) is 25.1 Å². The normalized spacial score (nSPS) is 18.8. The first kappa shape index (κ1) is 13.3. The van der Waals surface area contributed by atoms with Crippen molar-refractivity contribution in [3.63, 3.8) is 0 Å². The molecule has 1 fully saturated rings. The molecule has 0 amide bonds. The molecule has 1 aromatic heterocycles. The predicted octanol–water partition coefficient (Wildman–Crippen LogP) is 2.55. The molecule has 1 saturated heterocycles. The Balaban J connectivity index is 2.12. The van der Waals surface area contributed by atoms with Crippen molar-refractivity contribution in [3.8, 4) is 6.01 Å². The number of ether oxygens (including phenoxy) is 1. The summed E-state index contributed by atoms with van der Waals surface area (Å²) >= 11 is 5.86. The van der Waals surface area contributed by atoms with Crippen molar-refractivity contribution in [3.05, 3.63) is 5.28 Å². The Labute approximate surface area is 113 Å². The maximum atomic E-state index is 5.86. The van der Waals surface area contributed by atoms with E-state index in [0.717, 1.165) is 25.9 Å². The molecule has 0 N–H and O–H groups in total. The van der Waals surface area contributed by atoms with Gasteiger partial charge >= 0.3 is 6.01 Å². The monoisotopic (exact) mass is 270 g/mol. The van der Waals surface area contributed by atoms with Crippen LogP contribution in [0.4, 0.5) is 5.95 Å². The van der Waals surface area contributed by atoms with E-state index in [-0.39, 0.29) is 11.3 Å². The van der Waals surface area contributed by atoms with Crippen LogP contribution in [0.5, 0.6) is 6.01 Å². The average Bonchev–Trinajstić information content (AvgIpc) is 2.39. The van der Waals surface area contributed by atoms with Gasteiger partial charge in [0.05, 0.1) is 7.11 Å². The molecular formula is C12H19ClN4O. The maximum absolute atomic E-state index is 5.86. The largest absolute Gasteiger partial charge is 0.467 e. The summed E-state index contributed by atoms with van der Waals surface area (Å²) in [6.07, 6.45) is 3.51. The van der Waals surface area contributed by atoms with Crippen LogP contribution < -0.4 is 9.64 Å². The van der Waals surface area contributed by atoms with E-state index in [1.807, 2.05) is 0 Å². The Bertz CT molecular complexity index is 419. The molecule has 1 aromatic rings. The summed E-state index contributed by atoms with van der Waals surface area (Å²) in [6, 6.07) is 0.272. The van der Waals surface area contributed by atoms with Crippen molar-refractivity contribution in [1.82, 2.24) is 15.0 Å². The second-order valence-electron chi connectivity index (χ2n) is 5.04. The van der Waals surface area contributed by atoms with E-state index in [2.05, 4.69) is 33.7 Å². The lowest BCUT2D eigenvalue weighted by molar-refractivity contribution is 0.237. The van der Waals surface area contributed by atoms with Gasteiger partial charge < -0.3 is 9.64 Å². The SMILES string of the molecule is CCC1(C)CCN(c2nc(Cl)nc(OC)n2)CC1. The number of anilines is 1. The molecule has 1 aliphatic heterocycles. The highest BCUT2D eigenvalue weighted by molar-refractivity contribution is 6.28. The van der Waals surface area contributed by atoms with E-state index in [0.29, 0.717) is 11.4 Å². The highest BCUT2D eigenvalue weighted by Crippen LogP contribution is 2.35. The summed E-state index contributed by atoms with van der Waals surface area (Å²) in [5.74, 6) is 0.616. The number of hydrogen-bond acceptors (Lipinski definition) is 5. The summed E-state index contributed by atoms with van der Waals surface area (Å²) in [6.45, 7) is 6.49. The minimum absolute atomic E-state index is 0.181. The standard InChI is InChI=1S/C12H19ClN4O/c1-4-12(2)5-7-17(8-6-12)10-14-9(13)15-11(16-10)18-3/h4-8H2,1-3H3. The van der Waals surface area contributed by atoms with E-state index in [4.69, 9.17) is 16.3 Å². The number of halogens is 1. The van der Waals surface area contributed by atoms with Crippen LogP contribution >= 0.6 is 11.6 Å². The van der Waals surface area contributed by atoms with Crippen molar-refractivity contribution in [1.29, 1.82) is 0 Å². The first-order chi connectivity index (χ1) is 8.56. The number of piperidine rings is 1. The van der Waals surface area contributed by atoms with Gasteiger partial charge in [-0.1, -0.05) is 20.3 Å². The molecular weight excluding hydrogens is 252 g/mol. The Kier molecular flexibility index (Phi) is 3.90. The molecule has 2 rings (SSSR count). The Morgan fingerprint density at radius 2 is 1.94 bits per heavy atom. The van der Waals surface area contributed by atoms with Gasteiger partial charge in [0, 0.05) is 13.1 Å². The second kappa shape index (κ2) is 5.26. The molecule has 2 heterocycles. The van der Waals surface area contributed by atoms with Crippen LogP contribution in [-0.4, -0.2) is 35.2 Å². The minimum atomic E-state index is 0.181. The molecule has 1 aliphatic rings. The van der Waals surface area contributed by atoms with Gasteiger partial charge in [0.1, 0.15) is 0 Å². The molecule has 6 heteroatoms. The fraction of sp³-hybridized carbons (Fsp3) is 0.750. The van der Waals surface area contributed by atoms with E-state index in [9.17, 15) is 0 Å². The molecule has 0 saturated carbocycles. The predicted molar refractivity (Wildman–Crippen MR) is 71.2 cm³/mol. The van der Waals surface area contributed by atoms with Crippen LogP contribution in [0, 0.1) is 5.41 Å². The van der Waals surface area contributed by atoms with Gasteiger partial charge in [-0.05, 0) is 29.9 Å². The topological polar surface area (TPSA) is 51.1 Å². The zero-order chi connectivity index (χ0) is 13.2. The van der Waals surface area contributed by atoms with E-state index in [1.165, 1.54) is 13.5 Å². The summed E-state index contributed by atoms with van der Waals surface area (Å²) < 4.78 is 5.02. The van der Waals surface area contributed by atoms with Gasteiger partial charge in [0.15, 0.2) is 0 Å². The van der Waals surface area contributed by atoms with Gasteiger partial charge in [-0.2, -0.15) is 15.0 Å². The molecule has 0 bridgehead atoms. The van der Waals surface area contributed by atoms with Crippen LogP contribution in [0.15, 0.2) is 0 Å². The molecule has 0 aliphatic carbocycles. The molecule has 0 aromatic carbocycles. The Hall–Kier alpha value is -1.10. The van der Waals surface area contributed by atoms with Crippen molar-refractivity contribution in [2.24, 2.45) is 5.41 Å². The number of aromatic nitrogens is 3. The van der Waals surface area contributed by atoms with Gasteiger partial charge in [-0.3, -0.25) is 0 Å². The van der Waals surface area contributed by atoms with Gasteiger partial charge in [0.2, 0.25) is 11.2 Å². The highest BCUT2D eigenvalue weighted by atomic mass is 35.5.